The maximum absolute atomic E-state index is 14.5. The van der Waals surface area contributed by atoms with E-state index in [1.165, 1.54) is 12.5 Å². The third-order valence-corrected chi connectivity index (χ3v) is 7.41. The van der Waals surface area contributed by atoms with E-state index in [0.717, 1.165) is 38.5 Å². The zero-order valence-corrected chi connectivity index (χ0v) is 17.1. The van der Waals surface area contributed by atoms with Crippen LogP contribution in [0.5, 0.6) is 5.75 Å². The normalized spacial score (nSPS) is 22.4. The number of aromatic nitrogens is 2. The SMILES string of the molecule is NC(=O)C1CCC(SCc2nc3cc(OCC4CCC4)cc(F)c3c(=O)[nH]2)CC1. The molecule has 2 aliphatic rings. The molecule has 1 aromatic carbocycles. The second-order valence-corrected chi connectivity index (χ2v) is 9.40. The molecular formula is C21H26FN3O3S. The molecule has 4 rings (SSSR count). The molecule has 3 N–H and O–H groups in total. The average molecular weight is 420 g/mol. The Hall–Kier alpha value is -2.09. The highest BCUT2D eigenvalue weighted by molar-refractivity contribution is 7.99. The minimum atomic E-state index is -0.608. The number of carbonyl (C=O) groups is 1. The van der Waals surface area contributed by atoms with Crippen LogP contribution in [0.3, 0.4) is 0 Å². The Morgan fingerprint density at radius 3 is 2.66 bits per heavy atom. The van der Waals surface area contributed by atoms with Crippen molar-refractivity contribution in [2.24, 2.45) is 17.6 Å². The van der Waals surface area contributed by atoms with Gasteiger partial charge in [0.05, 0.1) is 17.9 Å². The molecule has 1 heterocycles. The Labute approximate surface area is 172 Å². The number of nitrogens with zero attached hydrogens (tertiary/aromatic N) is 1. The average Bonchev–Trinajstić information content (AvgIpc) is 2.65. The van der Waals surface area contributed by atoms with Gasteiger partial charge in [0.1, 0.15) is 22.8 Å². The van der Waals surface area contributed by atoms with Crippen LogP contribution >= 0.6 is 11.8 Å². The van der Waals surface area contributed by atoms with Crippen LogP contribution in [0.2, 0.25) is 0 Å². The van der Waals surface area contributed by atoms with E-state index in [-0.39, 0.29) is 17.2 Å². The van der Waals surface area contributed by atoms with E-state index in [0.29, 0.717) is 40.6 Å². The molecule has 0 bridgehead atoms. The third kappa shape index (κ3) is 4.74. The summed E-state index contributed by atoms with van der Waals surface area (Å²) in [5.41, 5.74) is 5.24. The van der Waals surface area contributed by atoms with Crippen LogP contribution in [-0.4, -0.2) is 27.7 Å². The zero-order chi connectivity index (χ0) is 20.4. The van der Waals surface area contributed by atoms with E-state index < -0.39 is 11.4 Å². The van der Waals surface area contributed by atoms with Gasteiger partial charge in [-0.05, 0) is 44.4 Å². The molecule has 2 aromatic rings. The van der Waals surface area contributed by atoms with E-state index in [1.807, 2.05) is 0 Å². The lowest BCUT2D eigenvalue weighted by Gasteiger charge is -2.26. The summed E-state index contributed by atoms with van der Waals surface area (Å²) in [4.78, 5) is 30.9. The van der Waals surface area contributed by atoms with Crippen LogP contribution in [0.4, 0.5) is 4.39 Å². The fourth-order valence-corrected chi connectivity index (χ4v) is 5.12. The van der Waals surface area contributed by atoms with Gasteiger partial charge in [-0.2, -0.15) is 11.8 Å². The number of primary amides is 1. The molecule has 2 fully saturated rings. The summed E-state index contributed by atoms with van der Waals surface area (Å²) in [6.45, 7) is 0.574. The summed E-state index contributed by atoms with van der Waals surface area (Å²) in [5, 5.41) is 0.372. The van der Waals surface area contributed by atoms with Crippen molar-refractivity contribution >= 4 is 28.6 Å². The molecule has 2 aliphatic carbocycles. The highest BCUT2D eigenvalue weighted by atomic mass is 32.2. The van der Waals surface area contributed by atoms with Gasteiger partial charge in [0.15, 0.2) is 0 Å². The van der Waals surface area contributed by atoms with Crippen molar-refractivity contribution in [1.29, 1.82) is 0 Å². The molecule has 0 saturated heterocycles. The molecule has 8 heteroatoms. The van der Waals surface area contributed by atoms with Gasteiger partial charge in [0, 0.05) is 23.3 Å². The van der Waals surface area contributed by atoms with Crippen LogP contribution in [-0.2, 0) is 10.5 Å². The van der Waals surface area contributed by atoms with Crippen molar-refractivity contribution in [3.05, 3.63) is 34.1 Å². The molecular weight excluding hydrogens is 393 g/mol. The number of thioether (sulfide) groups is 1. The topological polar surface area (TPSA) is 98.1 Å². The lowest BCUT2D eigenvalue weighted by molar-refractivity contribution is -0.122. The fourth-order valence-electron chi connectivity index (χ4n) is 3.98. The molecule has 1 amide bonds. The number of nitrogens with two attached hydrogens (primary N) is 1. The number of ether oxygens (including phenoxy) is 1. The van der Waals surface area contributed by atoms with Crippen molar-refractivity contribution in [3.8, 4) is 5.75 Å². The zero-order valence-electron chi connectivity index (χ0n) is 16.3. The summed E-state index contributed by atoms with van der Waals surface area (Å²) < 4.78 is 20.2. The first-order chi connectivity index (χ1) is 14.0. The number of hydrogen-bond acceptors (Lipinski definition) is 5. The summed E-state index contributed by atoms with van der Waals surface area (Å²) in [6.07, 6.45) is 6.98. The molecule has 0 spiro atoms. The van der Waals surface area contributed by atoms with Gasteiger partial charge in [-0.1, -0.05) is 6.42 Å². The molecule has 0 unspecified atom stereocenters. The Balaban J connectivity index is 1.44. The minimum Gasteiger partial charge on any atom is -0.493 e. The quantitative estimate of drug-likeness (QED) is 0.716. The number of halogens is 1. The Morgan fingerprint density at radius 2 is 2.00 bits per heavy atom. The Bertz CT molecular complexity index is 952. The van der Waals surface area contributed by atoms with Gasteiger partial charge in [-0.15, -0.1) is 0 Å². The maximum atomic E-state index is 14.5. The number of fused-ring (bicyclic) bond motifs is 1. The maximum Gasteiger partial charge on any atom is 0.261 e. The van der Waals surface area contributed by atoms with Crippen LogP contribution in [0.25, 0.3) is 10.9 Å². The molecule has 29 heavy (non-hydrogen) atoms. The van der Waals surface area contributed by atoms with Gasteiger partial charge in [0.2, 0.25) is 5.91 Å². The van der Waals surface area contributed by atoms with Gasteiger partial charge in [-0.25, -0.2) is 9.37 Å². The highest BCUT2D eigenvalue weighted by Crippen LogP contribution is 2.33. The molecule has 0 radical (unpaired) electrons. The van der Waals surface area contributed by atoms with E-state index in [9.17, 15) is 14.0 Å². The first-order valence-corrected chi connectivity index (χ1v) is 11.3. The predicted octanol–water partition coefficient (Wildman–Crippen LogP) is 3.52. The van der Waals surface area contributed by atoms with Crippen molar-refractivity contribution < 1.29 is 13.9 Å². The van der Waals surface area contributed by atoms with Crippen molar-refractivity contribution in [1.82, 2.24) is 9.97 Å². The number of nitrogens with one attached hydrogen (secondary N) is 1. The molecule has 0 aliphatic heterocycles. The van der Waals surface area contributed by atoms with Crippen LogP contribution in [0.15, 0.2) is 16.9 Å². The summed E-state index contributed by atoms with van der Waals surface area (Å²) in [7, 11) is 0. The number of carbonyl (C=O) groups excluding carboxylic acids is 1. The number of rotatable bonds is 7. The van der Waals surface area contributed by atoms with Gasteiger partial charge >= 0.3 is 0 Å². The van der Waals surface area contributed by atoms with Crippen molar-refractivity contribution in [2.75, 3.05) is 6.61 Å². The van der Waals surface area contributed by atoms with Crippen molar-refractivity contribution in [3.63, 3.8) is 0 Å². The first kappa shape index (κ1) is 20.2. The smallest absolute Gasteiger partial charge is 0.261 e. The highest BCUT2D eigenvalue weighted by Gasteiger charge is 2.25. The number of H-pyrrole nitrogens is 1. The van der Waals surface area contributed by atoms with Gasteiger partial charge in [-0.3, -0.25) is 9.59 Å². The van der Waals surface area contributed by atoms with Crippen LogP contribution in [0, 0.1) is 17.7 Å². The number of hydrogen-bond donors (Lipinski definition) is 2. The summed E-state index contributed by atoms with van der Waals surface area (Å²) in [5.74, 6) is 1.18. The monoisotopic (exact) mass is 419 g/mol. The van der Waals surface area contributed by atoms with E-state index in [4.69, 9.17) is 10.5 Å². The predicted molar refractivity (Wildman–Crippen MR) is 111 cm³/mol. The lowest BCUT2D eigenvalue weighted by atomic mass is 9.86. The Morgan fingerprint density at radius 1 is 1.24 bits per heavy atom. The number of amides is 1. The standard InChI is InChI=1S/C21H26FN3O3S/c22-16-8-14(28-10-12-2-1-3-12)9-17-19(16)21(27)25-18(24-17)11-29-15-6-4-13(5-7-15)20(23)26/h8-9,12-13,15H,1-7,10-11H2,(H2,23,26)(H,24,25,27). The molecule has 1 aromatic heterocycles. The second kappa shape index (κ2) is 8.73. The third-order valence-electron chi connectivity index (χ3n) is 6.03. The van der Waals surface area contributed by atoms with E-state index in [2.05, 4.69) is 9.97 Å². The molecule has 6 nitrogen and oxygen atoms in total. The number of benzene rings is 1. The van der Waals surface area contributed by atoms with Crippen LogP contribution < -0.4 is 16.0 Å². The van der Waals surface area contributed by atoms with E-state index in [1.54, 1.807) is 17.8 Å². The largest absolute Gasteiger partial charge is 0.493 e. The second-order valence-electron chi connectivity index (χ2n) is 8.11. The summed E-state index contributed by atoms with van der Waals surface area (Å²) in [6, 6.07) is 2.92. The minimum absolute atomic E-state index is 0.0215. The lowest BCUT2D eigenvalue weighted by Crippen LogP contribution is -2.28. The first-order valence-electron chi connectivity index (χ1n) is 10.3. The molecule has 2 saturated carbocycles. The fraction of sp³-hybridized carbons (Fsp3) is 0.571. The van der Waals surface area contributed by atoms with Crippen LogP contribution in [0.1, 0.15) is 50.8 Å². The van der Waals surface area contributed by atoms with Crippen molar-refractivity contribution in [2.45, 2.75) is 55.9 Å². The number of aromatic amines is 1. The van der Waals surface area contributed by atoms with E-state index >= 15 is 0 Å². The summed E-state index contributed by atoms with van der Waals surface area (Å²) >= 11 is 1.70. The van der Waals surface area contributed by atoms with Gasteiger partial charge < -0.3 is 15.5 Å². The molecule has 0 atom stereocenters. The van der Waals surface area contributed by atoms with Gasteiger partial charge in [0.25, 0.3) is 5.56 Å². The Kier molecular flexibility index (Phi) is 6.08. The molecule has 156 valence electrons.